The monoisotopic (exact) mass is 196 g/mol. The first-order valence-electron chi connectivity index (χ1n) is 3.47. The molecule has 1 aliphatic rings. The fraction of sp³-hybridized carbons (Fsp3) is 0.667. The summed E-state index contributed by atoms with van der Waals surface area (Å²) in [6.45, 7) is -0.892. The summed E-state index contributed by atoms with van der Waals surface area (Å²) in [5, 5.41) is 0. The number of Topliss-reactive ketones (excluding diaryl/α,β-unsaturated/α-hetero) is 1. The Morgan fingerprint density at radius 3 is 2.38 bits per heavy atom. The lowest BCUT2D eigenvalue weighted by atomic mass is 10.3. The molecule has 0 bridgehead atoms. The quantitative estimate of drug-likeness (QED) is 0.556. The lowest BCUT2D eigenvalue weighted by Crippen LogP contribution is -2.40. The fourth-order valence-electron chi connectivity index (χ4n) is 1.04. The van der Waals surface area contributed by atoms with E-state index in [1.54, 1.807) is 0 Å². The first-order valence-corrected chi connectivity index (χ1v) is 3.47. The SMILES string of the molecule is NC1CN(C(=O)C(F)(F)F)CC1=O. The van der Waals surface area contributed by atoms with Crippen molar-refractivity contribution in [1.82, 2.24) is 4.90 Å². The fourth-order valence-corrected chi connectivity index (χ4v) is 1.04. The van der Waals surface area contributed by atoms with E-state index in [9.17, 15) is 22.8 Å². The van der Waals surface area contributed by atoms with Gasteiger partial charge in [0, 0.05) is 6.54 Å². The topological polar surface area (TPSA) is 63.4 Å². The van der Waals surface area contributed by atoms with E-state index in [1.807, 2.05) is 0 Å². The Kier molecular flexibility index (Phi) is 2.29. The van der Waals surface area contributed by atoms with Crippen LogP contribution >= 0.6 is 0 Å². The van der Waals surface area contributed by atoms with E-state index in [-0.39, 0.29) is 6.54 Å². The standard InChI is InChI=1S/C6H7F3N2O2/c7-6(8,9)5(13)11-1-3(10)4(12)2-11/h3H,1-2,10H2. The summed E-state index contributed by atoms with van der Waals surface area (Å²) in [5.74, 6) is -2.55. The summed E-state index contributed by atoms with van der Waals surface area (Å²) >= 11 is 0. The number of hydrogen-bond acceptors (Lipinski definition) is 3. The number of nitrogens with two attached hydrogens (primary N) is 1. The van der Waals surface area contributed by atoms with Gasteiger partial charge in [-0.05, 0) is 0 Å². The van der Waals surface area contributed by atoms with Gasteiger partial charge >= 0.3 is 12.1 Å². The molecule has 1 atom stereocenters. The highest BCUT2D eigenvalue weighted by Crippen LogP contribution is 2.20. The van der Waals surface area contributed by atoms with E-state index in [2.05, 4.69) is 0 Å². The summed E-state index contributed by atoms with van der Waals surface area (Å²) in [7, 11) is 0. The third kappa shape index (κ3) is 1.97. The molecule has 0 saturated carbocycles. The van der Waals surface area contributed by atoms with Crippen molar-refractivity contribution in [3.63, 3.8) is 0 Å². The molecule has 74 valence electrons. The van der Waals surface area contributed by atoms with E-state index in [1.165, 1.54) is 0 Å². The number of amides is 1. The Balaban J connectivity index is 2.67. The van der Waals surface area contributed by atoms with Crippen molar-refractivity contribution in [3.05, 3.63) is 0 Å². The number of nitrogens with zero attached hydrogens (tertiary/aromatic N) is 1. The zero-order chi connectivity index (χ0) is 10.2. The summed E-state index contributed by atoms with van der Waals surface area (Å²) in [5.41, 5.74) is 5.14. The second-order valence-corrected chi connectivity index (χ2v) is 2.76. The molecule has 0 aromatic carbocycles. The van der Waals surface area contributed by atoms with Gasteiger partial charge in [0.1, 0.15) is 0 Å². The molecule has 1 amide bonds. The van der Waals surface area contributed by atoms with Crippen LogP contribution in [-0.4, -0.2) is 41.9 Å². The number of rotatable bonds is 0. The van der Waals surface area contributed by atoms with Crippen LogP contribution in [0.1, 0.15) is 0 Å². The van der Waals surface area contributed by atoms with Gasteiger partial charge in [-0.2, -0.15) is 13.2 Å². The van der Waals surface area contributed by atoms with Gasteiger partial charge < -0.3 is 10.6 Å². The Morgan fingerprint density at radius 2 is 2.08 bits per heavy atom. The number of carbonyl (C=O) groups is 2. The predicted octanol–water partition coefficient (Wildman–Crippen LogP) is -0.713. The largest absolute Gasteiger partial charge is 0.471 e. The molecular formula is C6H7F3N2O2. The Hall–Kier alpha value is -1.11. The normalized spacial score (nSPS) is 23.8. The molecule has 0 radical (unpaired) electrons. The molecule has 1 aliphatic heterocycles. The molecule has 0 aromatic rings. The zero-order valence-corrected chi connectivity index (χ0v) is 6.47. The van der Waals surface area contributed by atoms with Crippen LogP contribution in [0.5, 0.6) is 0 Å². The van der Waals surface area contributed by atoms with Crippen LogP contribution in [-0.2, 0) is 9.59 Å². The lowest BCUT2D eigenvalue weighted by Gasteiger charge is -2.15. The van der Waals surface area contributed by atoms with Crippen molar-refractivity contribution in [1.29, 1.82) is 0 Å². The molecule has 13 heavy (non-hydrogen) atoms. The summed E-state index contributed by atoms with van der Waals surface area (Å²) in [6.07, 6.45) is -4.93. The second-order valence-electron chi connectivity index (χ2n) is 2.76. The molecule has 7 heteroatoms. The predicted molar refractivity (Wildman–Crippen MR) is 35.6 cm³/mol. The number of alkyl halides is 3. The van der Waals surface area contributed by atoms with Crippen LogP contribution in [0, 0.1) is 0 Å². The molecule has 1 unspecified atom stereocenters. The molecule has 1 fully saturated rings. The van der Waals surface area contributed by atoms with Crippen LogP contribution < -0.4 is 5.73 Å². The third-order valence-electron chi connectivity index (χ3n) is 1.71. The van der Waals surface area contributed by atoms with E-state index in [0.717, 1.165) is 0 Å². The summed E-state index contributed by atoms with van der Waals surface area (Å²) < 4.78 is 35.4. The average molecular weight is 196 g/mol. The number of likely N-dealkylation sites (tertiary alicyclic amines) is 1. The van der Waals surface area contributed by atoms with E-state index < -0.39 is 30.5 Å². The zero-order valence-electron chi connectivity index (χ0n) is 6.47. The van der Waals surface area contributed by atoms with Crippen LogP contribution in [0.2, 0.25) is 0 Å². The van der Waals surface area contributed by atoms with Crippen molar-refractivity contribution in [3.8, 4) is 0 Å². The van der Waals surface area contributed by atoms with E-state index in [4.69, 9.17) is 5.73 Å². The second kappa shape index (κ2) is 2.99. The van der Waals surface area contributed by atoms with Crippen molar-refractivity contribution < 1.29 is 22.8 Å². The summed E-state index contributed by atoms with van der Waals surface area (Å²) in [6, 6.07) is -0.980. The number of hydrogen-bond donors (Lipinski definition) is 1. The van der Waals surface area contributed by atoms with Gasteiger partial charge in [0.05, 0.1) is 12.6 Å². The van der Waals surface area contributed by atoms with Gasteiger partial charge in [-0.15, -0.1) is 0 Å². The number of ketones is 1. The van der Waals surface area contributed by atoms with E-state index >= 15 is 0 Å². The van der Waals surface area contributed by atoms with Gasteiger partial charge in [-0.1, -0.05) is 0 Å². The van der Waals surface area contributed by atoms with Gasteiger partial charge in [0.25, 0.3) is 0 Å². The molecule has 4 nitrogen and oxygen atoms in total. The van der Waals surface area contributed by atoms with Gasteiger partial charge in [0.2, 0.25) is 0 Å². The van der Waals surface area contributed by atoms with E-state index in [0.29, 0.717) is 4.90 Å². The van der Waals surface area contributed by atoms with Crippen molar-refractivity contribution in [2.24, 2.45) is 5.73 Å². The molecule has 0 aromatic heterocycles. The van der Waals surface area contributed by atoms with Crippen LogP contribution in [0.25, 0.3) is 0 Å². The maximum Gasteiger partial charge on any atom is 0.471 e. The van der Waals surface area contributed by atoms with Gasteiger partial charge in [-0.25, -0.2) is 0 Å². The highest BCUT2D eigenvalue weighted by atomic mass is 19.4. The average Bonchev–Trinajstić information content (AvgIpc) is 2.29. The minimum absolute atomic E-state index is 0.350. The molecule has 1 heterocycles. The molecule has 1 rings (SSSR count). The highest BCUT2D eigenvalue weighted by Gasteiger charge is 2.45. The molecule has 0 aliphatic carbocycles. The highest BCUT2D eigenvalue weighted by molar-refractivity contribution is 5.94. The van der Waals surface area contributed by atoms with Crippen LogP contribution in [0.3, 0.4) is 0 Å². The number of carbonyl (C=O) groups excluding carboxylic acids is 2. The minimum Gasteiger partial charge on any atom is -0.325 e. The lowest BCUT2D eigenvalue weighted by molar-refractivity contribution is -0.184. The smallest absolute Gasteiger partial charge is 0.325 e. The van der Waals surface area contributed by atoms with Gasteiger partial charge in [0.15, 0.2) is 5.78 Å². The summed E-state index contributed by atoms with van der Waals surface area (Å²) in [4.78, 5) is 21.7. The first kappa shape index (κ1) is 9.97. The van der Waals surface area contributed by atoms with Crippen molar-refractivity contribution in [2.75, 3.05) is 13.1 Å². The maximum absolute atomic E-state index is 11.8. The number of halogens is 3. The van der Waals surface area contributed by atoms with Crippen molar-refractivity contribution in [2.45, 2.75) is 12.2 Å². The van der Waals surface area contributed by atoms with Crippen molar-refractivity contribution >= 4 is 11.7 Å². The first-order chi connectivity index (χ1) is 5.82. The van der Waals surface area contributed by atoms with Crippen LogP contribution in [0.4, 0.5) is 13.2 Å². The Bertz CT molecular complexity index is 251. The molecule has 0 spiro atoms. The molecule has 1 saturated heterocycles. The minimum atomic E-state index is -4.93. The maximum atomic E-state index is 11.8. The third-order valence-corrected chi connectivity index (χ3v) is 1.71. The van der Waals surface area contributed by atoms with Crippen LogP contribution in [0.15, 0.2) is 0 Å². The van der Waals surface area contributed by atoms with Gasteiger partial charge in [-0.3, -0.25) is 9.59 Å². The Labute approximate surface area is 71.5 Å². The molecule has 2 N–H and O–H groups in total. The molecular weight excluding hydrogens is 189 g/mol. The Morgan fingerprint density at radius 1 is 1.54 bits per heavy atom.